The van der Waals surface area contributed by atoms with Gasteiger partial charge >= 0.3 is 5.97 Å². The van der Waals surface area contributed by atoms with Gasteiger partial charge in [-0.25, -0.2) is 4.98 Å². The Morgan fingerprint density at radius 1 is 1.23 bits per heavy atom. The average molecular weight is 482 g/mol. The van der Waals surface area contributed by atoms with E-state index < -0.39 is 5.97 Å². The number of aryl methyl sites for hydroxylation is 2. The van der Waals surface area contributed by atoms with Crippen molar-refractivity contribution in [2.45, 2.75) is 57.3 Å². The standard InChI is InChI=1S/C27H35N3O5/c1-35-24-16-20(5-8-23(24)31)21(17-26(33)34)15-18-10-13-30(14-11-18)25(32)9-7-22-6-4-19-3-2-12-28-27(19)29-22/h4-6,8,16,18,21,31H,2-3,7,9-15,17H2,1H3,(H,28,29)(H,33,34). The minimum absolute atomic E-state index is 0.0235. The van der Waals surface area contributed by atoms with E-state index in [2.05, 4.69) is 11.4 Å². The highest BCUT2D eigenvalue weighted by Crippen LogP contribution is 2.36. The van der Waals surface area contributed by atoms with Gasteiger partial charge in [0.25, 0.3) is 0 Å². The van der Waals surface area contributed by atoms with Crippen LogP contribution in [0.15, 0.2) is 30.3 Å². The van der Waals surface area contributed by atoms with Crippen LogP contribution in [0.3, 0.4) is 0 Å². The number of anilines is 1. The second-order valence-corrected chi connectivity index (χ2v) is 9.63. The number of fused-ring (bicyclic) bond motifs is 1. The lowest BCUT2D eigenvalue weighted by molar-refractivity contribution is -0.137. The van der Waals surface area contributed by atoms with Gasteiger partial charge in [0.1, 0.15) is 5.82 Å². The van der Waals surface area contributed by atoms with Gasteiger partial charge in [0.15, 0.2) is 11.5 Å². The maximum atomic E-state index is 12.8. The number of phenols is 1. The molecule has 8 heteroatoms. The van der Waals surface area contributed by atoms with Crippen molar-refractivity contribution in [3.05, 3.63) is 47.2 Å². The lowest BCUT2D eigenvalue weighted by Gasteiger charge is -2.34. The summed E-state index contributed by atoms with van der Waals surface area (Å²) in [6.45, 7) is 2.34. The minimum atomic E-state index is -0.847. The molecule has 1 amide bonds. The fraction of sp³-hybridized carbons (Fsp3) is 0.519. The van der Waals surface area contributed by atoms with Gasteiger partial charge in [-0.05, 0) is 79.7 Å². The molecule has 3 N–H and O–H groups in total. The second-order valence-electron chi connectivity index (χ2n) is 9.63. The predicted octanol–water partition coefficient (Wildman–Crippen LogP) is 3.97. The summed E-state index contributed by atoms with van der Waals surface area (Å²) in [6.07, 6.45) is 5.74. The lowest BCUT2D eigenvalue weighted by atomic mass is 9.82. The minimum Gasteiger partial charge on any atom is -0.504 e. The van der Waals surface area contributed by atoms with Gasteiger partial charge in [-0.15, -0.1) is 0 Å². The number of carboxylic acid groups (broad SMARTS) is 1. The van der Waals surface area contributed by atoms with E-state index in [0.29, 0.717) is 37.6 Å². The van der Waals surface area contributed by atoms with Crippen molar-refractivity contribution in [3.63, 3.8) is 0 Å². The van der Waals surface area contributed by atoms with Crippen LogP contribution in [0, 0.1) is 5.92 Å². The number of rotatable bonds is 9. The highest BCUT2D eigenvalue weighted by atomic mass is 16.5. The molecule has 0 radical (unpaired) electrons. The number of piperidine rings is 1. The van der Waals surface area contributed by atoms with Crippen molar-refractivity contribution < 1.29 is 24.5 Å². The van der Waals surface area contributed by atoms with Crippen LogP contribution in [0.2, 0.25) is 0 Å². The molecule has 0 saturated carbocycles. The summed E-state index contributed by atoms with van der Waals surface area (Å²) in [5.41, 5.74) is 3.05. The molecule has 2 aliphatic heterocycles. The third-order valence-electron chi connectivity index (χ3n) is 7.23. The topological polar surface area (TPSA) is 112 Å². The fourth-order valence-corrected chi connectivity index (χ4v) is 5.22. The van der Waals surface area contributed by atoms with Gasteiger partial charge in [-0.3, -0.25) is 9.59 Å². The first kappa shape index (κ1) is 24.8. The number of carboxylic acids is 1. The third kappa shape index (κ3) is 6.44. The van der Waals surface area contributed by atoms with E-state index in [0.717, 1.165) is 55.7 Å². The third-order valence-corrected chi connectivity index (χ3v) is 7.23. The Morgan fingerprint density at radius 3 is 2.77 bits per heavy atom. The lowest BCUT2D eigenvalue weighted by Crippen LogP contribution is -2.39. The number of pyridine rings is 1. The smallest absolute Gasteiger partial charge is 0.303 e. The number of benzene rings is 1. The molecular formula is C27H35N3O5. The van der Waals surface area contributed by atoms with Crippen molar-refractivity contribution in [1.82, 2.24) is 9.88 Å². The van der Waals surface area contributed by atoms with Crippen LogP contribution in [-0.2, 0) is 22.4 Å². The largest absolute Gasteiger partial charge is 0.504 e. The Bertz CT molecular complexity index is 1050. The number of hydrogen-bond acceptors (Lipinski definition) is 6. The zero-order valence-electron chi connectivity index (χ0n) is 20.3. The molecule has 188 valence electrons. The molecule has 0 spiro atoms. The fourth-order valence-electron chi connectivity index (χ4n) is 5.22. The molecule has 1 atom stereocenters. The van der Waals surface area contributed by atoms with Gasteiger partial charge in [-0.1, -0.05) is 12.1 Å². The predicted molar refractivity (Wildman–Crippen MR) is 133 cm³/mol. The van der Waals surface area contributed by atoms with E-state index in [1.165, 1.54) is 12.7 Å². The number of aromatic nitrogens is 1. The molecule has 3 heterocycles. The number of aliphatic carboxylic acids is 1. The maximum Gasteiger partial charge on any atom is 0.303 e. The summed E-state index contributed by atoms with van der Waals surface area (Å²) < 4.78 is 5.20. The number of carbonyl (C=O) groups excluding carboxylic acids is 1. The van der Waals surface area contributed by atoms with E-state index in [-0.39, 0.29) is 24.0 Å². The molecule has 1 aromatic heterocycles. The number of amides is 1. The molecule has 1 unspecified atom stereocenters. The molecule has 2 aliphatic rings. The molecule has 35 heavy (non-hydrogen) atoms. The molecule has 1 fully saturated rings. The first-order valence-electron chi connectivity index (χ1n) is 12.5. The number of likely N-dealkylation sites (tertiary alicyclic amines) is 1. The van der Waals surface area contributed by atoms with E-state index in [4.69, 9.17) is 9.72 Å². The van der Waals surface area contributed by atoms with E-state index in [9.17, 15) is 19.8 Å². The number of phenolic OH excluding ortho intramolecular Hbond substituents is 1. The molecule has 1 saturated heterocycles. The molecule has 0 bridgehead atoms. The average Bonchev–Trinajstić information content (AvgIpc) is 2.87. The number of ether oxygens (including phenoxy) is 1. The van der Waals surface area contributed by atoms with E-state index >= 15 is 0 Å². The molecule has 0 aliphatic carbocycles. The molecule has 1 aromatic carbocycles. The highest BCUT2D eigenvalue weighted by molar-refractivity contribution is 5.76. The quantitative estimate of drug-likeness (QED) is 0.497. The Labute approximate surface area is 206 Å². The summed E-state index contributed by atoms with van der Waals surface area (Å²) in [4.78, 5) is 31.0. The Hall–Kier alpha value is -3.29. The summed E-state index contributed by atoms with van der Waals surface area (Å²) >= 11 is 0. The molecular weight excluding hydrogens is 446 g/mol. The number of carbonyl (C=O) groups is 2. The number of hydrogen-bond donors (Lipinski definition) is 3. The van der Waals surface area contributed by atoms with E-state index in [1.54, 1.807) is 18.2 Å². The van der Waals surface area contributed by atoms with Crippen LogP contribution in [0.5, 0.6) is 11.5 Å². The van der Waals surface area contributed by atoms with E-state index in [1.807, 2.05) is 11.0 Å². The molecule has 8 nitrogen and oxygen atoms in total. The van der Waals surface area contributed by atoms with Gasteiger partial charge < -0.3 is 25.2 Å². The van der Waals surface area contributed by atoms with Crippen molar-refractivity contribution in [2.24, 2.45) is 5.92 Å². The van der Waals surface area contributed by atoms with Crippen LogP contribution in [0.4, 0.5) is 5.82 Å². The number of nitrogens with one attached hydrogen (secondary N) is 1. The van der Waals surface area contributed by atoms with Crippen molar-refractivity contribution in [3.8, 4) is 11.5 Å². The highest BCUT2D eigenvalue weighted by Gasteiger charge is 2.27. The zero-order valence-corrected chi connectivity index (χ0v) is 20.3. The van der Waals surface area contributed by atoms with Crippen molar-refractivity contribution in [1.29, 1.82) is 0 Å². The van der Waals surface area contributed by atoms with Crippen molar-refractivity contribution >= 4 is 17.7 Å². The monoisotopic (exact) mass is 481 g/mol. The van der Waals surface area contributed by atoms with Crippen LogP contribution < -0.4 is 10.1 Å². The number of aromatic hydroxyl groups is 1. The number of nitrogens with zero attached hydrogens (tertiary/aromatic N) is 2. The van der Waals surface area contributed by atoms with Crippen LogP contribution in [0.1, 0.15) is 61.3 Å². The summed E-state index contributed by atoms with van der Waals surface area (Å²) in [6, 6.07) is 9.21. The van der Waals surface area contributed by atoms with Crippen molar-refractivity contribution in [2.75, 3.05) is 32.1 Å². The van der Waals surface area contributed by atoms with Gasteiger partial charge in [0.2, 0.25) is 5.91 Å². The normalized spacial score (nSPS) is 16.8. The van der Waals surface area contributed by atoms with Crippen LogP contribution in [0.25, 0.3) is 0 Å². The summed E-state index contributed by atoms with van der Waals surface area (Å²) in [5, 5.41) is 22.7. The van der Waals surface area contributed by atoms with Crippen LogP contribution >= 0.6 is 0 Å². The first-order chi connectivity index (χ1) is 16.9. The summed E-state index contributed by atoms with van der Waals surface area (Å²) in [5.74, 6) is 0.835. The van der Waals surface area contributed by atoms with Gasteiger partial charge in [0.05, 0.1) is 13.5 Å². The Balaban J connectivity index is 1.29. The SMILES string of the molecule is COc1cc(C(CC(=O)O)CC2CCN(C(=O)CCc3ccc4c(n3)NCCC4)CC2)ccc1O. The Kier molecular flexibility index (Phi) is 8.10. The van der Waals surface area contributed by atoms with Gasteiger partial charge in [-0.2, -0.15) is 0 Å². The number of methoxy groups -OCH3 is 1. The van der Waals surface area contributed by atoms with Crippen LogP contribution in [-0.4, -0.2) is 58.7 Å². The zero-order chi connectivity index (χ0) is 24.8. The summed E-state index contributed by atoms with van der Waals surface area (Å²) in [7, 11) is 1.48. The first-order valence-corrected chi connectivity index (χ1v) is 12.5. The molecule has 2 aromatic rings. The molecule has 4 rings (SSSR count). The Morgan fingerprint density at radius 2 is 2.03 bits per heavy atom. The van der Waals surface area contributed by atoms with Gasteiger partial charge in [0, 0.05) is 31.7 Å². The maximum absolute atomic E-state index is 12.8. The second kappa shape index (κ2) is 11.4.